The molecule has 4 rings (SSSR count). The number of carbonyl (C=O) groups excluding carboxylic acids is 1. The summed E-state index contributed by atoms with van der Waals surface area (Å²) >= 11 is 0. The molecule has 2 unspecified atom stereocenters. The fourth-order valence-corrected chi connectivity index (χ4v) is 3.54. The Hall–Kier alpha value is -2.46. The second-order valence-corrected chi connectivity index (χ2v) is 6.50. The van der Waals surface area contributed by atoms with Crippen molar-refractivity contribution in [1.29, 1.82) is 0 Å². The number of nitrogens with zero attached hydrogens (tertiary/aromatic N) is 1. The van der Waals surface area contributed by atoms with Gasteiger partial charge in [0, 0.05) is 24.5 Å². The van der Waals surface area contributed by atoms with Crippen molar-refractivity contribution in [3.05, 3.63) is 71.6 Å². The fourth-order valence-electron chi connectivity index (χ4n) is 3.54. The molecule has 0 bridgehead atoms. The minimum Gasteiger partial charge on any atom is -0.457 e. The van der Waals surface area contributed by atoms with Crippen molar-refractivity contribution in [1.82, 2.24) is 10.3 Å². The Balaban J connectivity index is 1.43. The minimum absolute atomic E-state index is 0.246. The summed E-state index contributed by atoms with van der Waals surface area (Å²) in [4.78, 5) is 16.4. The van der Waals surface area contributed by atoms with Gasteiger partial charge in [0.15, 0.2) is 0 Å². The monoisotopic (exact) mass is 320 g/mol. The third-order valence-electron chi connectivity index (χ3n) is 4.83. The van der Waals surface area contributed by atoms with E-state index in [1.165, 1.54) is 5.57 Å². The molecule has 1 N–H and O–H groups in total. The van der Waals surface area contributed by atoms with Crippen molar-refractivity contribution in [2.24, 2.45) is 11.8 Å². The second-order valence-electron chi connectivity index (χ2n) is 6.50. The van der Waals surface area contributed by atoms with Crippen LogP contribution in [0.15, 0.2) is 54.9 Å². The number of fused-ring (bicyclic) bond motifs is 1. The van der Waals surface area contributed by atoms with Gasteiger partial charge in [0.25, 0.3) is 0 Å². The first kappa shape index (κ1) is 15.1. The lowest BCUT2D eigenvalue weighted by Crippen LogP contribution is -2.09. The van der Waals surface area contributed by atoms with Gasteiger partial charge >= 0.3 is 5.97 Å². The Bertz CT molecular complexity index is 770. The van der Waals surface area contributed by atoms with Crippen LogP contribution in [0.3, 0.4) is 0 Å². The van der Waals surface area contributed by atoms with Gasteiger partial charge in [-0.25, -0.2) is 4.79 Å². The van der Waals surface area contributed by atoms with E-state index >= 15 is 0 Å². The van der Waals surface area contributed by atoms with Gasteiger partial charge in [0.05, 0.1) is 5.56 Å². The van der Waals surface area contributed by atoms with Crippen molar-refractivity contribution in [3.8, 4) is 0 Å². The normalized spacial score (nSPS) is 22.1. The zero-order valence-electron chi connectivity index (χ0n) is 13.4. The van der Waals surface area contributed by atoms with Crippen LogP contribution in [-0.2, 0) is 11.3 Å². The molecule has 0 radical (unpaired) electrons. The first-order chi connectivity index (χ1) is 11.8. The molecule has 0 spiro atoms. The van der Waals surface area contributed by atoms with Crippen LogP contribution in [0.2, 0.25) is 0 Å². The van der Waals surface area contributed by atoms with E-state index in [0.717, 1.165) is 36.6 Å². The molecule has 122 valence electrons. The summed E-state index contributed by atoms with van der Waals surface area (Å²) in [7, 11) is 0. The van der Waals surface area contributed by atoms with Crippen molar-refractivity contribution in [2.75, 3.05) is 13.1 Å². The SMILES string of the molecule is O=C(OCc1cncc(C2=CC3CNCC3C2)c1)c1ccccc1. The smallest absolute Gasteiger partial charge is 0.338 e. The lowest BCUT2D eigenvalue weighted by molar-refractivity contribution is 0.0472. The van der Waals surface area contributed by atoms with Gasteiger partial charge in [-0.15, -0.1) is 0 Å². The van der Waals surface area contributed by atoms with Crippen LogP contribution in [0.1, 0.15) is 27.9 Å². The largest absolute Gasteiger partial charge is 0.457 e. The van der Waals surface area contributed by atoms with Gasteiger partial charge < -0.3 is 10.1 Å². The fraction of sp³-hybridized carbons (Fsp3) is 0.300. The Kier molecular flexibility index (Phi) is 4.13. The molecule has 2 aliphatic rings. The van der Waals surface area contributed by atoms with Gasteiger partial charge in [-0.2, -0.15) is 0 Å². The van der Waals surface area contributed by atoms with Crippen molar-refractivity contribution < 1.29 is 9.53 Å². The van der Waals surface area contributed by atoms with E-state index < -0.39 is 0 Å². The number of benzene rings is 1. The first-order valence-electron chi connectivity index (χ1n) is 8.37. The van der Waals surface area contributed by atoms with E-state index in [0.29, 0.717) is 11.5 Å². The van der Waals surface area contributed by atoms with E-state index in [1.54, 1.807) is 18.3 Å². The maximum atomic E-state index is 12.0. The van der Waals surface area contributed by atoms with Crippen LogP contribution in [0, 0.1) is 11.8 Å². The summed E-state index contributed by atoms with van der Waals surface area (Å²) in [6.45, 7) is 2.43. The number of nitrogens with one attached hydrogen (secondary N) is 1. The average molecular weight is 320 g/mol. The van der Waals surface area contributed by atoms with Gasteiger partial charge in [-0.1, -0.05) is 24.3 Å². The molecule has 1 aromatic carbocycles. The molecule has 2 heterocycles. The maximum absolute atomic E-state index is 12.0. The van der Waals surface area contributed by atoms with Crippen molar-refractivity contribution >= 4 is 11.5 Å². The van der Waals surface area contributed by atoms with Crippen LogP contribution >= 0.6 is 0 Å². The topological polar surface area (TPSA) is 51.2 Å². The number of aromatic nitrogens is 1. The molecule has 1 aliphatic heterocycles. The van der Waals surface area contributed by atoms with Crippen molar-refractivity contribution in [3.63, 3.8) is 0 Å². The summed E-state index contributed by atoms with van der Waals surface area (Å²) in [6, 6.07) is 11.1. The van der Waals surface area contributed by atoms with E-state index in [2.05, 4.69) is 22.4 Å². The molecule has 1 fully saturated rings. The third-order valence-corrected chi connectivity index (χ3v) is 4.83. The number of carbonyl (C=O) groups is 1. The second kappa shape index (κ2) is 6.57. The van der Waals surface area contributed by atoms with Crippen LogP contribution in [0.25, 0.3) is 5.57 Å². The van der Waals surface area contributed by atoms with E-state index in [1.807, 2.05) is 24.4 Å². The lowest BCUT2D eigenvalue weighted by Gasteiger charge is -2.09. The van der Waals surface area contributed by atoms with Crippen LogP contribution in [0.5, 0.6) is 0 Å². The molecular weight excluding hydrogens is 300 g/mol. The van der Waals surface area contributed by atoms with Gasteiger partial charge in [-0.3, -0.25) is 4.98 Å². The van der Waals surface area contributed by atoms with Crippen LogP contribution in [-0.4, -0.2) is 24.0 Å². The predicted octanol–water partition coefficient (Wildman–Crippen LogP) is 3.06. The summed E-state index contributed by atoms with van der Waals surface area (Å²) in [6.07, 6.45) is 7.15. The summed E-state index contributed by atoms with van der Waals surface area (Å²) < 4.78 is 5.40. The average Bonchev–Trinajstić information content (AvgIpc) is 3.23. The minimum atomic E-state index is -0.304. The van der Waals surface area contributed by atoms with Gasteiger partial charge in [-0.05, 0) is 54.1 Å². The van der Waals surface area contributed by atoms with Gasteiger partial charge in [0.1, 0.15) is 6.61 Å². The molecule has 4 nitrogen and oxygen atoms in total. The molecule has 0 amide bonds. The maximum Gasteiger partial charge on any atom is 0.338 e. The highest BCUT2D eigenvalue weighted by molar-refractivity contribution is 5.89. The number of hydrogen-bond acceptors (Lipinski definition) is 4. The molecule has 1 aromatic heterocycles. The molecule has 2 atom stereocenters. The molecule has 0 saturated carbocycles. The number of rotatable bonds is 4. The molecule has 4 heteroatoms. The van der Waals surface area contributed by atoms with Crippen molar-refractivity contribution in [2.45, 2.75) is 13.0 Å². The quantitative estimate of drug-likeness (QED) is 0.880. The highest BCUT2D eigenvalue weighted by atomic mass is 16.5. The first-order valence-corrected chi connectivity index (χ1v) is 8.37. The molecule has 24 heavy (non-hydrogen) atoms. The molecular formula is C20H20N2O2. The van der Waals surface area contributed by atoms with Gasteiger partial charge in [0.2, 0.25) is 0 Å². The summed E-state index contributed by atoms with van der Waals surface area (Å²) in [5.41, 5.74) is 4.02. The standard InChI is InChI=1S/C20H20N2O2/c23-20(15-4-2-1-3-5-15)24-13-14-6-17(10-21-9-14)16-7-18-11-22-12-19(18)8-16/h1-7,9-10,18-19,22H,8,11-13H2. The van der Waals surface area contributed by atoms with E-state index in [4.69, 9.17) is 4.74 Å². The Morgan fingerprint density at radius 1 is 1.21 bits per heavy atom. The zero-order valence-corrected chi connectivity index (χ0v) is 13.4. The van der Waals surface area contributed by atoms with Crippen LogP contribution in [0.4, 0.5) is 0 Å². The van der Waals surface area contributed by atoms with Crippen LogP contribution < -0.4 is 5.32 Å². The lowest BCUT2D eigenvalue weighted by atomic mass is 9.98. The molecule has 2 aromatic rings. The molecule has 1 saturated heterocycles. The third kappa shape index (κ3) is 3.10. The predicted molar refractivity (Wildman–Crippen MR) is 92.2 cm³/mol. The number of esters is 1. The Morgan fingerprint density at radius 3 is 2.92 bits per heavy atom. The number of hydrogen-bond donors (Lipinski definition) is 1. The molecule has 1 aliphatic carbocycles. The Labute approximate surface area is 141 Å². The summed E-state index contributed by atoms with van der Waals surface area (Å²) in [5, 5.41) is 3.44. The highest BCUT2D eigenvalue weighted by Gasteiger charge is 2.31. The number of pyridine rings is 1. The van der Waals surface area contributed by atoms with E-state index in [9.17, 15) is 4.79 Å². The number of allylic oxidation sites excluding steroid dienone is 1. The highest BCUT2D eigenvalue weighted by Crippen LogP contribution is 2.38. The summed E-state index contributed by atoms with van der Waals surface area (Å²) in [5.74, 6) is 1.07. The Morgan fingerprint density at radius 2 is 2.08 bits per heavy atom. The zero-order chi connectivity index (χ0) is 16.4. The van der Waals surface area contributed by atoms with E-state index in [-0.39, 0.29) is 12.6 Å². The number of ether oxygens (including phenoxy) is 1.